The number of carbonyl (C=O) groups excluding carboxylic acids is 2. The van der Waals surface area contributed by atoms with E-state index in [0.29, 0.717) is 19.6 Å². The van der Waals surface area contributed by atoms with Crippen molar-refractivity contribution in [1.82, 2.24) is 21.2 Å². The number of ether oxygens (including phenoxy) is 1. The molecule has 9 nitrogen and oxygen atoms in total. The van der Waals surface area contributed by atoms with Crippen LogP contribution < -0.4 is 16.3 Å². The highest BCUT2D eigenvalue weighted by Gasteiger charge is 2.31. The zero-order valence-electron chi connectivity index (χ0n) is 18.3. The van der Waals surface area contributed by atoms with Gasteiger partial charge in [-0.25, -0.2) is 10.3 Å². The molecule has 2 atom stereocenters. The van der Waals surface area contributed by atoms with Gasteiger partial charge in [-0.05, 0) is 46.2 Å². The van der Waals surface area contributed by atoms with Crippen LogP contribution in [0.5, 0.6) is 0 Å². The first kappa shape index (κ1) is 24.1. The van der Waals surface area contributed by atoms with Gasteiger partial charge in [0.25, 0.3) is 5.91 Å². The number of hydrogen-bond acceptors (Lipinski definition) is 7. The molecule has 0 aliphatic carbocycles. The summed E-state index contributed by atoms with van der Waals surface area (Å²) in [5.74, 6) is -0.196. The number of hydroxylamine groups is 2. The summed E-state index contributed by atoms with van der Waals surface area (Å²) in [5.41, 5.74) is 6.10. The van der Waals surface area contributed by atoms with Crippen LogP contribution in [0.1, 0.15) is 39.2 Å². The molecule has 1 aliphatic heterocycles. The first-order chi connectivity index (χ1) is 14.2. The van der Waals surface area contributed by atoms with Crippen molar-refractivity contribution in [3.63, 3.8) is 0 Å². The minimum absolute atomic E-state index is 0.152. The molecule has 1 fully saturated rings. The molecular weight excluding hydrogens is 388 g/mol. The monoisotopic (exact) mass is 422 g/mol. The predicted molar refractivity (Wildman–Crippen MR) is 112 cm³/mol. The van der Waals surface area contributed by atoms with Crippen LogP contribution in [0, 0.1) is 0 Å². The average Bonchev–Trinajstić information content (AvgIpc) is 2.67. The van der Waals surface area contributed by atoms with E-state index < -0.39 is 11.7 Å². The largest absolute Gasteiger partial charge is 0.444 e. The molecule has 2 amide bonds. The Hall–Kier alpha value is -2.20. The van der Waals surface area contributed by atoms with E-state index >= 15 is 0 Å². The van der Waals surface area contributed by atoms with E-state index in [9.17, 15) is 9.59 Å². The van der Waals surface area contributed by atoms with Crippen LogP contribution >= 0.6 is 0 Å². The number of benzene rings is 1. The van der Waals surface area contributed by atoms with E-state index in [-0.39, 0.29) is 31.1 Å². The van der Waals surface area contributed by atoms with Gasteiger partial charge >= 0.3 is 6.09 Å². The van der Waals surface area contributed by atoms with Crippen LogP contribution in [0.3, 0.4) is 0 Å². The lowest BCUT2D eigenvalue weighted by Crippen LogP contribution is -2.54. The average molecular weight is 423 g/mol. The van der Waals surface area contributed by atoms with Crippen molar-refractivity contribution in [2.24, 2.45) is 0 Å². The molecule has 0 saturated carbocycles. The van der Waals surface area contributed by atoms with Gasteiger partial charge in [0.05, 0.1) is 19.3 Å². The number of rotatable bonds is 9. The minimum Gasteiger partial charge on any atom is -0.444 e. The summed E-state index contributed by atoms with van der Waals surface area (Å²) in [6, 6.07) is 9.84. The SMILES string of the molecule is CN1C[C@H](NOCc2ccccc2)CC[C@H]1C(=O)NOCCNC(=O)OC(C)(C)C. The molecule has 9 heteroatoms. The highest BCUT2D eigenvalue weighted by molar-refractivity contribution is 5.80. The number of nitrogens with zero attached hydrogens (tertiary/aromatic N) is 1. The number of carbonyl (C=O) groups is 2. The van der Waals surface area contributed by atoms with E-state index in [2.05, 4.69) is 16.3 Å². The number of amides is 2. The maximum Gasteiger partial charge on any atom is 0.407 e. The Labute approximate surface area is 178 Å². The van der Waals surface area contributed by atoms with E-state index in [1.54, 1.807) is 20.8 Å². The molecule has 2 rings (SSSR count). The van der Waals surface area contributed by atoms with Gasteiger partial charge in [0.15, 0.2) is 0 Å². The topological polar surface area (TPSA) is 101 Å². The number of hydrogen-bond donors (Lipinski definition) is 3. The Balaban J connectivity index is 1.58. The van der Waals surface area contributed by atoms with Gasteiger partial charge in [-0.1, -0.05) is 30.3 Å². The van der Waals surface area contributed by atoms with Crippen LogP contribution in [0.4, 0.5) is 4.79 Å². The molecule has 0 unspecified atom stereocenters. The van der Waals surface area contributed by atoms with Crippen LogP contribution in [0.25, 0.3) is 0 Å². The third-order valence-electron chi connectivity index (χ3n) is 4.51. The molecular formula is C21H34N4O5. The molecule has 0 spiro atoms. The smallest absolute Gasteiger partial charge is 0.407 e. The molecule has 1 aliphatic rings. The Bertz CT molecular complexity index is 665. The van der Waals surface area contributed by atoms with E-state index in [1.165, 1.54) is 0 Å². The van der Waals surface area contributed by atoms with E-state index in [0.717, 1.165) is 12.0 Å². The summed E-state index contributed by atoms with van der Waals surface area (Å²) in [5, 5.41) is 2.57. The van der Waals surface area contributed by atoms with Gasteiger partial charge in [-0.3, -0.25) is 19.4 Å². The Morgan fingerprint density at radius 3 is 2.53 bits per heavy atom. The number of likely N-dealkylation sites (tertiary alicyclic amines) is 1. The van der Waals surface area contributed by atoms with Gasteiger partial charge in [-0.15, -0.1) is 0 Å². The lowest BCUT2D eigenvalue weighted by atomic mass is 9.99. The van der Waals surface area contributed by atoms with E-state index in [4.69, 9.17) is 14.4 Å². The van der Waals surface area contributed by atoms with Crippen molar-refractivity contribution >= 4 is 12.0 Å². The maximum atomic E-state index is 12.4. The molecule has 30 heavy (non-hydrogen) atoms. The minimum atomic E-state index is -0.552. The second kappa shape index (κ2) is 11.8. The molecule has 1 saturated heterocycles. The second-order valence-corrected chi connectivity index (χ2v) is 8.37. The summed E-state index contributed by atoms with van der Waals surface area (Å²) in [7, 11) is 1.90. The number of alkyl carbamates (subject to hydrolysis) is 1. The van der Waals surface area contributed by atoms with Gasteiger partial charge in [-0.2, -0.15) is 5.48 Å². The standard InChI is InChI=1S/C21H34N4O5/c1-21(2,3)30-20(27)22-12-13-28-24-19(26)18-11-10-17(14-25(18)4)23-29-15-16-8-6-5-7-9-16/h5-9,17-18,23H,10-15H2,1-4H3,(H,22,27)(H,24,26)/t17-,18+/m1/s1. The Kier molecular flexibility index (Phi) is 9.51. The number of piperidine rings is 1. The highest BCUT2D eigenvalue weighted by Crippen LogP contribution is 2.16. The third-order valence-corrected chi connectivity index (χ3v) is 4.51. The van der Waals surface area contributed by atoms with Crippen LogP contribution in [-0.2, 0) is 25.8 Å². The highest BCUT2D eigenvalue weighted by atomic mass is 16.7. The molecule has 1 heterocycles. The fourth-order valence-corrected chi connectivity index (χ4v) is 3.10. The van der Waals surface area contributed by atoms with Gasteiger partial charge < -0.3 is 10.1 Å². The van der Waals surface area contributed by atoms with Gasteiger partial charge in [0, 0.05) is 19.1 Å². The maximum absolute atomic E-state index is 12.4. The zero-order chi connectivity index (χ0) is 22.0. The Morgan fingerprint density at radius 2 is 1.87 bits per heavy atom. The molecule has 0 radical (unpaired) electrons. The molecule has 1 aromatic carbocycles. The summed E-state index contributed by atoms with van der Waals surface area (Å²) in [4.78, 5) is 36.6. The lowest BCUT2D eigenvalue weighted by molar-refractivity contribution is -0.140. The quantitative estimate of drug-likeness (QED) is 0.412. The fraction of sp³-hybridized carbons (Fsp3) is 0.619. The van der Waals surface area contributed by atoms with Crippen LogP contribution in [0.2, 0.25) is 0 Å². The molecule has 168 valence electrons. The van der Waals surface area contributed by atoms with Crippen molar-refractivity contribution in [2.75, 3.05) is 26.7 Å². The second-order valence-electron chi connectivity index (χ2n) is 8.37. The van der Waals surface area contributed by atoms with Crippen molar-refractivity contribution in [1.29, 1.82) is 0 Å². The summed E-state index contributed by atoms with van der Waals surface area (Å²) in [6.45, 7) is 6.95. The van der Waals surface area contributed by atoms with E-state index in [1.807, 2.05) is 42.3 Å². The molecule has 0 aromatic heterocycles. The number of likely N-dealkylation sites (N-methyl/N-ethyl adjacent to an activating group) is 1. The van der Waals surface area contributed by atoms with Crippen molar-refractivity contribution in [3.8, 4) is 0 Å². The van der Waals surface area contributed by atoms with Gasteiger partial charge in [0.1, 0.15) is 5.60 Å². The first-order valence-electron chi connectivity index (χ1n) is 10.2. The van der Waals surface area contributed by atoms with Gasteiger partial charge in [0.2, 0.25) is 0 Å². The normalized spacial score (nSPS) is 19.9. The zero-order valence-corrected chi connectivity index (χ0v) is 18.3. The van der Waals surface area contributed by atoms with Crippen molar-refractivity contribution in [3.05, 3.63) is 35.9 Å². The first-order valence-corrected chi connectivity index (χ1v) is 10.2. The van der Waals surface area contributed by atoms with Crippen LogP contribution in [0.15, 0.2) is 30.3 Å². The number of nitrogens with one attached hydrogen (secondary N) is 3. The summed E-state index contributed by atoms with van der Waals surface area (Å²) < 4.78 is 5.12. The summed E-state index contributed by atoms with van der Waals surface area (Å²) in [6.07, 6.45) is 0.989. The van der Waals surface area contributed by atoms with Crippen molar-refractivity contribution in [2.45, 2.75) is 57.9 Å². The lowest BCUT2D eigenvalue weighted by Gasteiger charge is -2.36. The molecule has 0 bridgehead atoms. The molecule has 3 N–H and O–H groups in total. The fourth-order valence-electron chi connectivity index (χ4n) is 3.10. The predicted octanol–water partition coefficient (Wildman–Crippen LogP) is 1.74. The summed E-state index contributed by atoms with van der Waals surface area (Å²) >= 11 is 0. The van der Waals surface area contributed by atoms with Crippen LogP contribution in [-0.4, -0.2) is 61.3 Å². The Morgan fingerprint density at radius 1 is 1.13 bits per heavy atom. The third kappa shape index (κ3) is 9.08. The molecule has 1 aromatic rings. The van der Waals surface area contributed by atoms with Crippen molar-refractivity contribution < 1.29 is 24.0 Å².